The van der Waals surface area contributed by atoms with Crippen LogP contribution >= 0.6 is 0 Å². The van der Waals surface area contributed by atoms with Gasteiger partial charge in [-0.3, -0.25) is 19.2 Å². The van der Waals surface area contributed by atoms with E-state index in [-0.39, 0.29) is 24.3 Å². The third-order valence-corrected chi connectivity index (χ3v) is 5.76. The van der Waals surface area contributed by atoms with Crippen molar-refractivity contribution in [3.05, 3.63) is 95.8 Å². The number of hydrogen-bond donors (Lipinski definition) is 4. The van der Waals surface area contributed by atoms with Gasteiger partial charge in [0.1, 0.15) is 17.9 Å². The molecule has 3 aromatic carbocycles. The molecule has 9 heteroatoms. The molecule has 3 rings (SSSR count). The van der Waals surface area contributed by atoms with Crippen molar-refractivity contribution in [2.24, 2.45) is 11.7 Å². The van der Waals surface area contributed by atoms with Crippen molar-refractivity contribution in [1.29, 1.82) is 0 Å². The molecule has 8 nitrogen and oxygen atoms in total. The summed E-state index contributed by atoms with van der Waals surface area (Å²) in [5.74, 6) is -3.65. The lowest BCUT2D eigenvalue weighted by Crippen LogP contribution is -2.54. The molecule has 198 valence electrons. The van der Waals surface area contributed by atoms with E-state index >= 15 is 0 Å². The van der Waals surface area contributed by atoms with E-state index in [2.05, 4.69) is 16.0 Å². The molecule has 0 spiro atoms. The van der Waals surface area contributed by atoms with Gasteiger partial charge in [0, 0.05) is 12.1 Å². The zero-order chi connectivity index (χ0) is 27.7. The number of para-hydroxylation sites is 1. The van der Waals surface area contributed by atoms with Crippen LogP contribution in [0, 0.1) is 11.7 Å². The zero-order valence-electron chi connectivity index (χ0n) is 21.2. The molecule has 0 fully saturated rings. The highest BCUT2D eigenvalue weighted by atomic mass is 19.1. The van der Waals surface area contributed by atoms with Crippen molar-refractivity contribution >= 4 is 34.9 Å². The molecule has 0 aromatic heterocycles. The van der Waals surface area contributed by atoms with Gasteiger partial charge in [-0.25, -0.2) is 4.39 Å². The maximum Gasteiger partial charge on any atom is 0.287 e. The fraction of sp³-hybridized carbons (Fsp3) is 0.241. The molecule has 0 heterocycles. The number of carbonyl (C=O) groups is 4. The smallest absolute Gasteiger partial charge is 0.287 e. The highest BCUT2D eigenvalue weighted by Gasteiger charge is 2.30. The second kappa shape index (κ2) is 13.1. The first-order chi connectivity index (χ1) is 18.1. The topological polar surface area (TPSA) is 130 Å². The van der Waals surface area contributed by atoms with E-state index in [9.17, 15) is 23.6 Å². The molecule has 38 heavy (non-hydrogen) atoms. The molecular formula is C29H31FN4O4. The number of anilines is 2. The Labute approximate surface area is 220 Å². The van der Waals surface area contributed by atoms with E-state index in [1.807, 2.05) is 19.9 Å². The minimum Gasteiger partial charge on any atom is -0.363 e. The number of amides is 3. The number of rotatable bonds is 12. The fourth-order valence-electron chi connectivity index (χ4n) is 3.95. The van der Waals surface area contributed by atoms with Gasteiger partial charge in [-0.1, -0.05) is 62.4 Å². The van der Waals surface area contributed by atoms with E-state index in [0.29, 0.717) is 11.4 Å². The number of Topliss-reactive ketones (excluding diaryl/α,β-unsaturated/α-hetero) is 1. The Kier molecular flexibility index (Phi) is 9.70. The number of ketones is 1. The highest BCUT2D eigenvalue weighted by molar-refractivity contribution is 6.38. The first-order valence-corrected chi connectivity index (χ1v) is 12.2. The number of nitrogens with two attached hydrogens (primary N) is 1. The minimum atomic E-state index is -1.18. The van der Waals surface area contributed by atoms with E-state index in [1.54, 1.807) is 60.7 Å². The summed E-state index contributed by atoms with van der Waals surface area (Å²) in [7, 11) is 0. The maximum absolute atomic E-state index is 13.6. The number of primary amides is 1. The van der Waals surface area contributed by atoms with Crippen LogP contribution in [0.4, 0.5) is 15.8 Å². The molecule has 5 N–H and O–H groups in total. The Morgan fingerprint density at radius 2 is 1.53 bits per heavy atom. The monoisotopic (exact) mass is 518 g/mol. The summed E-state index contributed by atoms with van der Waals surface area (Å²) in [6.07, 6.45) is 0.344. The predicted molar refractivity (Wildman–Crippen MR) is 143 cm³/mol. The molecular weight excluding hydrogens is 487 g/mol. The maximum atomic E-state index is 13.6. The van der Waals surface area contributed by atoms with Crippen molar-refractivity contribution < 1.29 is 23.6 Å². The van der Waals surface area contributed by atoms with E-state index in [4.69, 9.17) is 5.73 Å². The third kappa shape index (κ3) is 7.99. The van der Waals surface area contributed by atoms with Crippen molar-refractivity contribution in [3.63, 3.8) is 0 Å². The molecule has 0 radical (unpaired) electrons. The van der Waals surface area contributed by atoms with E-state index in [1.165, 1.54) is 12.1 Å². The molecule has 0 unspecified atom stereocenters. The number of hydrogen-bond acceptors (Lipinski definition) is 5. The third-order valence-electron chi connectivity index (χ3n) is 5.76. The van der Waals surface area contributed by atoms with Gasteiger partial charge >= 0.3 is 0 Å². The van der Waals surface area contributed by atoms with Gasteiger partial charge in [-0.15, -0.1) is 0 Å². The molecule has 3 aromatic rings. The van der Waals surface area contributed by atoms with Crippen LogP contribution in [0.3, 0.4) is 0 Å². The summed E-state index contributed by atoms with van der Waals surface area (Å²) in [5, 5.41) is 8.38. The normalized spacial score (nSPS) is 12.3. The number of halogens is 1. The van der Waals surface area contributed by atoms with Crippen molar-refractivity contribution in [3.8, 4) is 0 Å². The van der Waals surface area contributed by atoms with Crippen LogP contribution in [-0.2, 0) is 20.8 Å². The Balaban J connectivity index is 1.80. The minimum absolute atomic E-state index is 0.0196. The first kappa shape index (κ1) is 28.0. The molecule has 0 aliphatic carbocycles. The van der Waals surface area contributed by atoms with Crippen LogP contribution in [0.25, 0.3) is 0 Å². The van der Waals surface area contributed by atoms with Gasteiger partial charge in [0.25, 0.3) is 11.8 Å². The molecule has 2 atom stereocenters. The standard InChI is InChI=1S/C29H31FN4O4/c1-18(2)15-25(29(38)33-24(26(35)27(31)36)16-19-9-4-3-5-10-19)34-28(37)22-13-6-7-14-23(22)32-21-12-8-11-20(30)17-21/h3-14,17-18,24-25,32H,15-16H2,1-2H3,(H2,31,36)(H,33,38)(H,34,37)/t24-,25-/m0/s1. The van der Waals surface area contributed by atoms with Gasteiger partial charge < -0.3 is 21.7 Å². The highest BCUT2D eigenvalue weighted by Crippen LogP contribution is 2.22. The quantitative estimate of drug-likeness (QED) is 0.273. The fourth-order valence-corrected chi connectivity index (χ4v) is 3.95. The number of benzene rings is 3. The van der Waals surface area contributed by atoms with Gasteiger partial charge in [-0.2, -0.15) is 0 Å². The zero-order valence-corrected chi connectivity index (χ0v) is 21.2. The number of carbonyl (C=O) groups excluding carboxylic acids is 4. The first-order valence-electron chi connectivity index (χ1n) is 12.2. The molecule has 0 saturated carbocycles. The lowest BCUT2D eigenvalue weighted by molar-refractivity contribution is -0.138. The summed E-state index contributed by atoms with van der Waals surface area (Å²) >= 11 is 0. The van der Waals surface area contributed by atoms with Crippen molar-refractivity contribution in [2.75, 3.05) is 5.32 Å². The van der Waals surface area contributed by atoms with Crippen LogP contribution in [0.2, 0.25) is 0 Å². The molecule has 0 bridgehead atoms. The Bertz CT molecular complexity index is 1300. The van der Waals surface area contributed by atoms with Crippen LogP contribution < -0.4 is 21.7 Å². The lowest BCUT2D eigenvalue weighted by Gasteiger charge is -2.24. The summed E-state index contributed by atoms with van der Waals surface area (Å²) < 4.78 is 13.6. The van der Waals surface area contributed by atoms with Gasteiger partial charge in [0.15, 0.2) is 0 Å². The second-order valence-electron chi connectivity index (χ2n) is 9.32. The second-order valence-corrected chi connectivity index (χ2v) is 9.32. The average Bonchev–Trinajstić information content (AvgIpc) is 2.88. The van der Waals surface area contributed by atoms with Crippen LogP contribution in [0.1, 0.15) is 36.2 Å². The predicted octanol–water partition coefficient (Wildman–Crippen LogP) is 3.50. The van der Waals surface area contributed by atoms with Gasteiger partial charge in [-0.05, 0) is 48.2 Å². The van der Waals surface area contributed by atoms with Crippen LogP contribution in [-0.4, -0.2) is 35.6 Å². The van der Waals surface area contributed by atoms with Gasteiger partial charge in [0.2, 0.25) is 11.7 Å². The van der Waals surface area contributed by atoms with Gasteiger partial charge in [0.05, 0.1) is 11.3 Å². The lowest BCUT2D eigenvalue weighted by atomic mass is 9.99. The summed E-state index contributed by atoms with van der Waals surface area (Å²) in [6.45, 7) is 3.78. The Hall–Kier alpha value is -4.53. The average molecular weight is 519 g/mol. The summed E-state index contributed by atoms with van der Waals surface area (Å²) in [6, 6.07) is 19.2. The molecule has 3 amide bonds. The largest absolute Gasteiger partial charge is 0.363 e. The van der Waals surface area contributed by atoms with Crippen LogP contribution in [0.5, 0.6) is 0 Å². The molecule has 0 saturated heterocycles. The summed E-state index contributed by atoms with van der Waals surface area (Å²) in [4.78, 5) is 50.7. The van der Waals surface area contributed by atoms with Crippen molar-refractivity contribution in [1.82, 2.24) is 10.6 Å². The molecule has 0 aliphatic heterocycles. The van der Waals surface area contributed by atoms with E-state index in [0.717, 1.165) is 5.56 Å². The summed E-state index contributed by atoms with van der Waals surface area (Å²) in [5.41, 5.74) is 7.08. The van der Waals surface area contributed by atoms with Crippen molar-refractivity contribution in [2.45, 2.75) is 38.8 Å². The molecule has 0 aliphatic rings. The van der Waals surface area contributed by atoms with E-state index < -0.39 is 41.4 Å². The van der Waals surface area contributed by atoms with Crippen LogP contribution in [0.15, 0.2) is 78.9 Å². The number of nitrogens with one attached hydrogen (secondary N) is 3. The Morgan fingerprint density at radius 3 is 2.18 bits per heavy atom. The Morgan fingerprint density at radius 1 is 0.842 bits per heavy atom. The SMILES string of the molecule is CC(C)C[C@H](NC(=O)c1ccccc1Nc1cccc(F)c1)C(=O)N[C@@H](Cc1ccccc1)C(=O)C(N)=O.